The topological polar surface area (TPSA) is 201 Å². The summed E-state index contributed by atoms with van der Waals surface area (Å²) < 4.78 is 0. The van der Waals surface area contributed by atoms with Crippen LogP contribution in [0.2, 0.25) is 0 Å². The first kappa shape index (κ1) is 36.4. The fourth-order valence-corrected chi connectivity index (χ4v) is 0. The fourth-order valence-electron chi connectivity index (χ4n) is 0. The Morgan fingerprint density at radius 2 is 0.429 bits per heavy atom. The van der Waals surface area contributed by atoms with Gasteiger partial charge in [0.15, 0.2) is 0 Å². The largest absolute Gasteiger partial charge is 5.00 e. The molecule has 0 aromatic rings. The van der Waals surface area contributed by atoms with Gasteiger partial charge in [-0.05, 0) is 34.6 Å². The van der Waals surface area contributed by atoms with Crippen molar-refractivity contribution in [2.45, 2.75) is 34.6 Å². The van der Waals surface area contributed by atoms with E-state index in [0.29, 0.717) is 0 Å². The molecule has 0 heterocycles. The van der Waals surface area contributed by atoms with E-state index in [1.807, 2.05) is 0 Å². The summed E-state index contributed by atoms with van der Waals surface area (Å²) >= 11 is 0. The molecule has 0 fully saturated rings. The summed E-state index contributed by atoms with van der Waals surface area (Å²) in [5.74, 6) is -5.42. The Morgan fingerprint density at radius 3 is 0.429 bits per heavy atom. The van der Waals surface area contributed by atoms with Gasteiger partial charge in [-0.25, -0.2) is 0 Å². The molecule has 0 rings (SSSR count). The zero-order chi connectivity index (χ0) is 17.9. The van der Waals surface area contributed by atoms with Crippen LogP contribution >= 0.6 is 0 Å². The number of carbonyl (C=O) groups is 5. The van der Waals surface area contributed by atoms with E-state index in [1.165, 1.54) is 0 Å². The minimum atomic E-state index is -1.08. The first-order chi connectivity index (χ1) is 8.66. The Labute approximate surface area is 134 Å². The van der Waals surface area contributed by atoms with Crippen LogP contribution in [0.25, 0.3) is 0 Å². The van der Waals surface area contributed by atoms with E-state index in [1.54, 1.807) is 0 Å². The summed E-state index contributed by atoms with van der Waals surface area (Å²) in [4.78, 5) is 44.4. The Balaban J connectivity index is -0.0000000331. The number of carboxylic acid groups (broad SMARTS) is 5. The molecule has 0 aromatic heterocycles. The van der Waals surface area contributed by atoms with Crippen molar-refractivity contribution in [3.63, 3.8) is 0 Å². The average molecular weight is 396 g/mol. The second kappa shape index (κ2) is 30.8. The molecule has 0 unspecified atom stereocenters. The van der Waals surface area contributed by atoms with Crippen molar-refractivity contribution in [2.24, 2.45) is 0 Å². The summed E-state index contributed by atoms with van der Waals surface area (Å²) in [6.45, 7) is 4.86. The predicted octanol–water partition coefficient (Wildman–Crippen LogP) is -6.22. The molecule has 0 saturated heterocycles. The Hall–Kier alpha value is -2.03. The number of rotatable bonds is 0. The molecule has 0 spiro atoms. The second-order valence-corrected chi connectivity index (χ2v) is 2.46. The summed E-state index contributed by atoms with van der Waals surface area (Å²) in [5, 5.41) is 44.4. The molecule has 21 heavy (non-hydrogen) atoms. The van der Waals surface area contributed by atoms with Gasteiger partial charge in [-0.3, -0.25) is 0 Å². The van der Waals surface area contributed by atoms with Crippen LogP contribution in [0, 0.1) is 0 Å². The van der Waals surface area contributed by atoms with Crippen LogP contribution in [-0.4, -0.2) is 29.8 Å². The van der Waals surface area contributed by atoms with Gasteiger partial charge in [0, 0.05) is 29.8 Å². The van der Waals surface area contributed by atoms with Crippen molar-refractivity contribution in [3.05, 3.63) is 0 Å². The van der Waals surface area contributed by atoms with Gasteiger partial charge in [0.1, 0.15) is 0 Å². The summed E-state index contributed by atoms with van der Waals surface area (Å²) in [7, 11) is 0. The molecule has 0 N–H and O–H groups in total. The molecular weight excluding hydrogens is 381 g/mol. The average Bonchev–Trinajstić information content (AvgIpc) is 1.94. The maximum atomic E-state index is 8.89. The quantitative estimate of drug-likeness (QED) is 0.354. The minimum Gasteiger partial charge on any atom is -0.550 e. The number of carbonyl (C=O) groups excluding carboxylic acids is 5. The van der Waals surface area contributed by atoms with Gasteiger partial charge in [-0.2, -0.15) is 0 Å². The Morgan fingerprint density at radius 1 is 0.429 bits per heavy atom. The predicted molar refractivity (Wildman–Crippen MR) is 53.4 cm³/mol. The molecule has 11 heteroatoms. The third-order valence-electron chi connectivity index (χ3n) is 0. The van der Waals surface area contributed by atoms with E-state index in [2.05, 4.69) is 0 Å². The maximum Gasteiger partial charge on any atom is 5.00 e. The standard InChI is InChI=1S/5C2H4O2.Ru/c5*1-2(3)4;/h5*1H3,(H,3,4);/q;;;;;+5/p-5. The monoisotopic (exact) mass is 397 g/mol. The third-order valence-corrected chi connectivity index (χ3v) is 0. The van der Waals surface area contributed by atoms with E-state index in [9.17, 15) is 0 Å². The van der Waals surface area contributed by atoms with E-state index in [-0.39, 0.29) is 19.5 Å². The van der Waals surface area contributed by atoms with Gasteiger partial charge in [-0.1, -0.05) is 0 Å². The molecule has 0 amide bonds. The zero-order valence-electron chi connectivity index (χ0n) is 11.9. The van der Waals surface area contributed by atoms with Gasteiger partial charge in [0.05, 0.1) is 0 Å². The van der Waals surface area contributed by atoms with Crippen molar-refractivity contribution in [3.8, 4) is 0 Å². The SMILES string of the molecule is CC(=O)[O-].CC(=O)[O-].CC(=O)[O-].CC(=O)[O-].CC(=O)[O-].[Ru+5]. The molecule has 0 aliphatic rings. The van der Waals surface area contributed by atoms with Crippen molar-refractivity contribution in [1.29, 1.82) is 0 Å². The third kappa shape index (κ3) is 1120. The van der Waals surface area contributed by atoms with E-state index in [0.717, 1.165) is 34.6 Å². The van der Waals surface area contributed by atoms with E-state index < -0.39 is 29.8 Å². The smallest absolute Gasteiger partial charge is 0.550 e. The van der Waals surface area contributed by atoms with Crippen molar-refractivity contribution in [2.75, 3.05) is 0 Å². The van der Waals surface area contributed by atoms with Crippen LogP contribution in [0.15, 0.2) is 0 Å². The van der Waals surface area contributed by atoms with Crippen LogP contribution in [0.4, 0.5) is 0 Å². The molecular formula is C10H15O10Ru. The minimum absolute atomic E-state index is 0. The summed E-state index contributed by atoms with van der Waals surface area (Å²) in [5.41, 5.74) is 0. The fraction of sp³-hybridized carbons (Fsp3) is 0.500. The normalized spacial score (nSPS) is 5.95. The zero-order valence-corrected chi connectivity index (χ0v) is 13.7. The molecule has 0 atom stereocenters. The summed E-state index contributed by atoms with van der Waals surface area (Å²) in [6.07, 6.45) is 0. The maximum absolute atomic E-state index is 8.89. The van der Waals surface area contributed by atoms with E-state index >= 15 is 0 Å². The molecule has 0 bridgehead atoms. The number of aliphatic carboxylic acids is 5. The summed E-state index contributed by atoms with van der Waals surface area (Å²) in [6, 6.07) is 0. The molecule has 1 radical (unpaired) electrons. The van der Waals surface area contributed by atoms with Crippen molar-refractivity contribution >= 4 is 29.8 Å². The number of hydrogen-bond donors (Lipinski definition) is 0. The van der Waals surface area contributed by atoms with E-state index in [4.69, 9.17) is 49.5 Å². The molecule has 0 aliphatic carbocycles. The van der Waals surface area contributed by atoms with Crippen LogP contribution in [0.5, 0.6) is 0 Å². The molecule has 0 aliphatic heterocycles. The first-order valence-electron chi connectivity index (χ1n) is 4.54. The molecule has 0 saturated carbocycles. The van der Waals surface area contributed by atoms with Crippen molar-refractivity contribution in [1.82, 2.24) is 0 Å². The number of hydrogen-bond acceptors (Lipinski definition) is 10. The Bertz CT molecular complexity index is 211. The molecule has 10 nitrogen and oxygen atoms in total. The molecule has 0 aromatic carbocycles. The van der Waals surface area contributed by atoms with Gasteiger partial charge in [-0.15, -0.1) is 0 Å². The van der Waals surface area contributed by atoms with Gasteiger partial charge in [0.25, 0.3) is 0 Å². The van der Waals surface area contributed by atoms with Gasteiger partial charge < -0.3 is 49.5 Å². The second-order valence-electron chi connectivity index (χ2n) is 2.46. The van der Waals surface area contributed by atoms with Gasteiger partial charge >= 0.3 is 19.5 Å². The Kier molecular flexibility index (Phi) is 53.4. The first-order valence-corrected chi connectivity index (χ1v) is 4.54. The van der Waals surface area contributed by atoms with Crippen LogP contribution < -0.4 is 25.5 Å². The molecule has 123 valence electrons. The van der Waals surface area contributed by atoms with Crippen LogP contribution in [-0.2, 0) is 43.5 Å². The van der Waals surface area contributed by atoms with Crippen LogP contribution in [0.1, 0.15) is 34.6 Å². The van der Waals surface area contributed by atoms with Crippen LogP contribution in [0.3, 0.4) is 0 Å². The van der Waals surface area contributed by atoms with Gasteiger partial charge in [0.2, 0.25) is 0 Å². The number of carboxylic acids is 5. The van der Waals surface area contributed by atoms with Crippen molar-refractivity contribution < 1.29 is 69.0 Å².